The number of aldehydes is 1. The van der Waals surface area contributed by atoms with Gasteiger partial charge in [-0.2, -0.15) is 0 Å². The monoisotopic (exact) mass is 524 g/mol. The standard InChI is InChI=1S/C27H29FN4O6/c1-13-14-4-5-22(38-12-30-23(35)8-29-2)25-16-9-32-20(26(16)31-19(24(14)25)7-18(13)28)6-15(21(34)10-33)17(11-37-3)27(32)36/h6-7,10,21-22,29,34H,4-5,8-9,11-12H2,1-3H3,(H,30,35). The Hall–Kier alpha value is -3.51. The molecule has 5 rings (SSSR count). The van der Waals surface area contributed by atoms with Crippen molar-refractivity contribution in [2.45, 2.75) is 45.1 Å². The number of hydrogen-bond donors (Lipinski definition) is 3. The van der Waals surface area contributed by atoms with E-state index in [1.54, 1.807) is 20.0 Å². The van der Waals surface area contributed by atoms with Crippen molar-refractivity contribution in [2.24, 2.45) is 0 Å². The summed E-state index contributed by atoms with van der Waals surface area (Å²) in [5, 5.41) is 16.6. The Morgan fingerprint density at radius 2 is 2.16 bits per heavy atom. The molecule has 2 aromatic heterocycles. The van der Waals surface area contributed by atoms with Gasteiger partial charge >= 0.3 is 0 Å². The first-order valence-corrected chi connectivity index (χ1v) is 12.4. The lowest BCUT2D eigenvalue weighted by Crippen LogP contribution is -2.34. The molecule has 2 atom stereocenters. The van der Waals surface area contributed by atoms with Gasteiger partial charge in [0.15, 0.2) is 6.29 Å². The summed E-state index contributed by atoms with van der Waals surface area (Å²) in [6.07, 6.45) is -0.450. The van der Waals surface area contributed by atoms with Crippen LogP contribution in [0.2, 0.25) is 0 Å². The van der Waals surface area contributed by atoms with E-state index in [0.29, 0.717) is 41.6 Å². The molecule has 3 N–H and O–H groups in total. The van der Waals surface area contributed by atoms with Gasteiger partial charge in [-0.15, -0.1) is 0 Å². The van der Waals surface area contributed by atoms with Crippen molar-refractivity contribution in [1.29, 1.82) is 0 Å². The molecule has 1 amide bonds. The van der Waals surface area contributed by atoms with Crippen molar-refractivity contribution in [3.05, 3.63) is 61.7 Å². The van der Waals surface area contributed by atoms with Crippen molar-refractivity contribution in [3.63, 3.8) is 0 Å². The topological polar surface area (TPSA) is 132 Å². The molecule has 11 heteroatoms. The lowest BCUT2D eigenvalue weighted by molar-refractivity contribution is -0.122. The highest BCUT2D eigenvalue weighted by molar-refractivity contribution is 5.92. The smallest absolute Gasteiger partial charge is 0.257 e. The molecule has 0 spiro atoms. The van der Waals surface area contributed by atoms with E-state index in [4.69, 9.17) is 14.5 Å². The summed E-state index contributed by atoms with van der Waals surface area (Å²) >= 11 is 0. The Morgan fingerprint density at radius 1 is 1.37 bits per heavy atom. The van der Waals surface area contributed by atoms with Crippen LogP contribution in [0.25, 0.3) is 22.3 Å². The second kappa shape index (κ2) is 10.3. The lowest BCUT2D eigenvalue weighted by atomic mass is 9.83. The number of nitrogens with zero attached hydrogens (tertiary/aromatic N) is 2. The van der Waals surface area contributed by atoms with Crippen LogP contribution in [0.5, 0.6) is 0 Å². The van der Waals surface area contributed by atoms with Crippen LogP contribution in [-0.4, -0.2) is 54.3 Å². The number of pyridine rings is 2. The number of carbonyl (C=O) groups is 2. The van der Waals surface area contributed by atoms with Crippen LogP contribution in [-0.2, 0) is 38.6 Å². The summed E-state index contributed by atoms with van der Waals surface area (Å²) < 4.78 is 27.8. The van der Waals surface area contributed by atoms with Crippen molar-refractivity contribution in [1.82, 2.24) is 20.2 Å². The van der Waals surface area contributed by atoms with Gasteiger partial charge in [-0.05, 0) is 49.6 Å². The zero-order valence-corrected chi connectivity index (χ0v) is 21.4. The molecule has 2 aliphatic rings. The first-order valence-electron chi connectivity index (χ1n) is 12.4. The SMILES string of the molecule is CNCC(=O)NCOC1CCc2c(C)c(F)cc3nc4c(c1c23)Cn1c-4cc(C(O)C=O)c(COC)c1=O. The van der Waals surface area contributed by atoms with E-state index in [1.807, 2.05) is 0 Å². The average Bonchev–Trinajstić information content (AvgIpc) is 3.27. The van der Waals surface area contributed by atoms with Crippen molar-refractivity contribution < 1.29 is 28.6 Å². The predicted molar refractivity (Wildman–Crippen MR) is 136 cm³/mol. The Balaban J connectivity index is 1.69. The maximum atomic E-state index is 14.9. The van der Waals surface area contributed by atoms with Crippen molar-refractivity contribution in [2.75, 3.05) is 27.4 Å². The van der Waals surface area contributed by atoms with Crippen LogP contribution in [0.15, 0.2) is 16.9 Å². The molecule has 0 saturated carbocycles. The van der Waals surface area contributed by atoms with Gasteiger partial charge in [0.1, 0.15) is 18.7 Å². The number of fused-ring (bicyclic) bond motifs is 4. The average molecular weight is 525 g/mol. The minimum atomic E-state index is -1.51. The third kappa shape index (κ3) is 4.21. The first-order chi connectivity index (χ1) is 18.3. The molecule has 1 aromatic carbocycles. The van der Waals surface area contributed by atoms with E-state index in [1.165, 1.54) is 17.7 Å². The van der Waals surface area contributed by atoms with E-state index in [2.05, 4.69) is 10.6 Å². The maximum absolute atomic E-state index is 14.9. The molecule has 3 heterocycles. The molecule has 0 radical (unpaired) electrons. The number of methoxy groups -OCH3 is 1. The Bertz CT molecular complexity index is 1520. The lowest BCUT2D eigenvalue weighted by Gasteiger charge is -2.29. The number of likely N-dealkylation sites (N-methyl/N-ethyl adjacent to an activating group) is 1. The van der Waals surface area contributed by atoms with Crippen LogP contribution >= 0.6 is 0 Å². The highest BCUT2D eigenvalue weighted by Crippen LogP contribution is 2.46. The number of rotatable bonds is 9. The zero-order valence-electron chi connectivity index (χ0n) is 21.4. The number of aromatic nitrogens is 2. The fourth-order valence-corrected chi connectivity index (χ4v) is 5.56. The largest absolute Gasteiger partial charge is 0.381 e. The zero-order chi connectivity index (χ0) is 27.1. The molecule has 0 fully saturated rings. The summed E-state index contributed by atoms with van der Waals surface area (Å²) in [5.41, 5.74) is 4.23. The van der Waals surface area contributed by atoms with Crippen LogP contribution in [0.4, 0.5) is 4.39 Å². The molecule has 1 aliphatic heterocycles. The van der Waals surface area contributed by atoms with Crippen LogP contribution in [0, 0.1) is 12.7 Å². The first kappa shape index (κ1) is 26.1. The molecule has 38 heavy (non-hydrogen) atoms. The molecular weight excluding hydrogens is 495 g/mol. The number of carbonyl (C=O) groups excluding carboxylic acids is 2. The Labute approximate surface area is 217 Å². The van der Waals surface area contributed by atoms with Crippen LogP contribution in [0.3, 0.4) is 0 Å². The molecule has 0 saturated heterocycles. The highest BCUT2D eigenvalue weighted by atomic mass is 19.1. The van der Waals surface area contributed by atoms with Gasteiger partial charge in [0.05, 0.1) is 42.7 Å². The number of ether oxygens (including phenoxy) is 2. The fraction of sp³-hybridized carbons (Fsp3) is 0.407. The van der Waals surface area contributed by atoms with Gasteiger partial charge in [0.2, 0.25) is 5.91 Å². The van der Waals surface area contributed by atoms with Gasteiger partial charge in [-0.1, -0.05) is 0 Å². The molecule has 3 aromatic rings. The molecule has 1 aliphatic carbocycles. The van der Waals surface area contributed by atoms with Gasteiger partial charge in [0.25, 0.3) is 5.56 Å². The normalized spacial score (nSPS) is 16.3. The van der Waals surface area contributed by atoms with Crippen LogP contribution in [0.1, 0.15) is 52.0 Å². The number of nitrogens with one attached hydrogen (secondary N) is 2. The molecule has 200 valence electrons. The number of aliphatic hydroxyl groups is 1. The van der Waals surface area contributed by atoms with E-state index in [-0.39, 0.29) is 49.3 Å². The van der Waals surface area contributed by atoms with Crippen molar-refractivity contribution in [3.8, 4) is 11.4 Å². The van der Waals surface area contributed by atoms with Gasteiger partial charge in [0, 0.05) is 35.3 Å². The number of aliphatic hydroxyl groups excluding tert-OH is 1. The Morgan fingerprint density at radius 3 is 2.87 bits per heavy atom. The number of benzene rings is 1. The van der Waals surface area contributed by atoms with E-state index >= 15 is 0 Å². The third-order valence-electron chi connectivity index (χ3n) is 7.34. The van der Waals surface area contributed by atoms with Gasteiger partial charge in [-0.3, -0.25) is 9.59 Å². The second-order valence-corrected chi connectivity index (χ2v) is 9.55. The quantitative estimate of drug-likeness (QED) is 0.222. The van der Waals surface area contributed by atoms with E-state index in [9.17, 15) is 23.9 Å². The number of aryl methyl sites for hydroxylation is 1. The van der Waals surface area contributed by atoms with E-state index < -0.39 is 17.8 Å². The minimum absolute atomic E-state index is 0.0140. The van der Waals surface area contributed by atoms with Gasteiger partial charge < -0.3 is 34.6 Å². The summed E-state index contributed by atoms with van der Waals surface area (Å²) in [4.78, 5) is 41.7. The Kier molecular flexibility index (Phi) is 7.10. The second-order valence-electron chi connectivity index (χ2n) is 9.55. The van der Waals surface area contributed by atoms with Gasteiger partial charge in [-0.25, -0.2) is 9.37 Å². The minimum Gasteiger partial charge on any atom is -0.381 e. The summed E-state index contributed by atoms with van der Waals surface area (Å²) in [5.74, 6) is -0.579. The number of hydrogen-bond acceptors (Lipinski definition) is 8. The molecular formula is C27H29FN4O6. The van der Waals surface area contributed by atoms with Crippen molar-refractivity contribution >= 4 is 23.1 Å². The summed E-state index contributed by atoms with van der Waals surface area (Å²) in [7, 11) is 3.10. The summed E-state index contributed by atoms with van der Waals surface area (Å²) in [6, 6.07) is 2.96. The predicted octanol–water partition coefficient (Wildman–Crippen LogP) is 1.55. The van der Waals surface area contributed by atoms with E-state index in [0.717, 1.165) is 22.1 Å². The molecule has 10 nitrogen and oxygen atoms in total. The number of halogens is 1. The fourth-order valence-electron chi connectivity index (χ4n) is 5.56. The molecule has 2 unspecified atom stereocenters. The summed E-state index contributed by atoms with van der Waals surface area (Å²) in [6.45, 7) is 1.99. The highest BCUT2D eigenvalue weighted by Gasteiger charge is 2.35. The third-order valence-corrected chi connectivity index (χ3v) is 7.34. The number of amides is 1. The molecule has 0 bridgehead atoms. The maximum Gasteiger partial charge on any atom is 0.257 e. The van der Waals surface area contributed by atoms with Crippen LogP contribution < -0.4 is 16.2 Å².